The van der Waals surface area contributed by atoms with Crippen LogP contribution in [0.5, 0.6) is 0 Å². The highest BCUT2D eigenvalue weighted by atomic mass is 79.9. The van der Waals surface area contributed by atoms with E-state index in [9.17, 15) is 4.79 Å². The van der Waals surface area contributed by atoms with Gasteiger partial charge in [0, 0.05) is 16.4 Å². The number of nitrogens with one attached hydrogen (secondary N) is 2. The van der Waals surface area contributed by atoms with Gasteiger partial charge in [-0.1, -0.05) is 28.1 Å². The number of hydrogen-bond donors (Lipinski definition) is 2. The molecule has 2 unspecified atom stereocenters. The van der Waals surface area contributed by atoms with Gasteiger partial charge in [0.1, 0.15) is 0 Å². The molecule has 1 aromatic carbocycles. The van der Waals surface area contributed by atoms with Crippen molar-refractivity contribution in [1.82, 2.24) is 10.6 Å². The van der Waals surface area contributed by atoms with Gasteiger partial charge < -0.3 is 10.6 Å². The van der Waals surface area contributed by atoms with Gasteiger partial charge in [0.15, 0.2) is 0 Å². The van der Waals surface area contributed by atoms with Crippen molar-refractivity contribution in [1.29, 1.82) is 0 Å². The molecule has 1 amide bonds. The minimum atomic E-state index is 0.186. The summed E-state index contributed by atoms with van der Waals surface area (Å²) in [5, 5.41) is 6.59. The summed E-state index contributed by atoms with van der Waals surface area (Å²) in [6.07, 6.45) is 4.28. The van der Waals surface area contributed by atoms with E-state index in [0.717, 1.165) is 43.2 Å². The van der Waals surface area contributed by atoms with Crippen LogP contribution in [0.2, 0.25) is 0 Å². The van der Waals surface area contributed by atoms with Gasteiger partial charge in [-0.05, 0) is 68.8 Å². The van der Waals surface area contributed by atoms with Gasteiger partial charge in [0.05, 0.1) is 0 Å². The highest BCUT2D eigenvalue weighted by Crippen LogP contribution is 2.58. The van der Waals surface area contributed by atoms with Crippen molar-refractivity contribution < 1.29 is 4.79 Å². The SMILES string of the molecule is CC(Cc1cccc(Br)c1)NC(=O)C1CC12CCNCC2. The zero-order chi connectivity index (χ0) is 14.9. The third-order valence-corrected chi connectivity index (χ3v) is 5.42. The molecule has 114 valence electrons. The second kappa shape index (κ2) is 6.09. The molecule has 21 heavy (non-hydrogen) atoms. The van der Waals surface area contributed by atoms with E-state index in [-0.39, 0.29) is 17.9 Å². The summed E-state index contributed by atoms with van der Waals surface area (Å²) in [6.45, 7) is 4.23. The summed E-state index contributed by atoms with van der Waals surface area (Å²) in [6, 6.07) is 8.48. The molecule has 3 nitrogen and oxygen atoms in total. The van der Waals surface area contributed by atoms with Crippen LogP contribution < -0.4 is 10.6 Å². The van der Waals surface area contributed by atoms with Crippen molar-refractivity contribution in [2.75, 3.05) is 13.1 Å². The smallest absolute Gasteiger partial charge is 0.223 e. The molecule has 0 radical (unpaired) electrons. The maximum absolute atomic E-state index is 12.4. The maximum Gasteiger partial charge on any atom is 0.223 e. The van der Waals surface area contributed by atoms with E-state index >= 15 is 0 Å². The molecule has 1 heterocycles. The van der Waals surface area contributed by atoms with E-state index < -0.39 is 0 Å². The van der Waals surface area contributed by atoms with Crippen LogP contribution in [0.1, 0.15) is 31.7 Å². The summed E-state index contributed by atoms with van der Waals surface area (Å²) >= 11 is 3.49. The summed E-state index contributed by atoms with van der Waals surface area (Å²) in [7, 11) is 0. The molecular weight excluding hydrogens is 328 g/mol. The molecule has 0 bridgehead atoms. The average Bonchev–Trinajstić information content (AvgIpc) is 3.13. The standard InChI is InChI=1S/C17H23BrN2O/c1-12(9-13-3-2-4-14(18)10-13)20-16(21)15-11-17(15)5-7-19-8-6-17/h2-4,10,12,15,19H,5-9,11H2,1H3,(H,20,21). The summed E-state index contributed by atoms with van der Waals surface area (Å²) < 4.78 is 1.09. The Balaban J connectivity index is 1.51. The van der Waals surface area contributed by atoms with Crippen LogP contribution in [-0.2, 0) is 11.2 Å². The van der Waals surface area contributed by atoms with Crippen molar-refractivity contribution in [3.63, 3.8) is 0 Å². The molecule has 1 aliphatic carbocycles. The fourth-order valence-electron chi connectivity index (χ4n) is 3.61. The lowest BCUT2D eigenvalue weighted by atomic mass is 9.91. The number of carbonyl (C=O) groups excluding carboxylic acids is 1. The first kappa shape index (κ1) is 15.0. The van der Waals surface area contributed by atoms with E-state index in [1.807, 2.05) is 12.1 Å². The lowest BCUT2D eigenvalue weighted by molar-refractivity contribution is -0.123. The van der Waals surface area contributed by atoms with Crippen LogP contribution in [0.4, 0.5) is 0 Å². The molecule has 1 saturated carbocycles. The first-order chi connectivity index (χ1) is 10.1. The second-order valence-corrected chi connectivity index (χ2v) is 7.53. The lowest BCUT2D eigenvalue weighted by Gasteiger charge is -2.23. The van der Waals surface area contributed by atoms with Gasteiger partial charge >= 0.3 is 0 Å². The number of amides is 1. The molecule has 2 fully saturated rings. The van der Waals surface area contributed by atoms with Crippen LogP contribution in [0.25, 0.3) is 0 Å². The van der Waals surface area contributed by atoms with Gasteiger partial charge in [-0.15, -0.1) is 0 Å². The molecule has 2 N–H and O–H groups in total. The first-order valence-corrected chi connectivity index (χ1v) is 8.64. The third-order valence-electron chi connectivity index (χ3n) is 4.93. The van der Waals surface area contributed by atoms with Crippen molar-refractivity contribution >= 4 is 21.8 Å². The Hall–Kier alpha value is -0.870. The van der Waals surface area contributed by atoms with Crippen LogP contribution in [-0.4, -0.2) is 25.0 Å². The Kier molecular flexibility index (Phi) is 4.36. The third kappa shape index (κ3) is 3.49. The van der Waals surface area contributed by atoms with E-state index in [2.05, 4.69) is 45.6 Å². The minimum Gasteiger partial charge on any atom is -0.353 e. The average molecular weight is 351 g/mol. The van der Waals surface area contributed by atoms with Crippen molar-refractivity contribution in [3.8, 4) is 0 Å². The number of piperidine rings is 1. The Morgan fingerprint density at radius 1 is 1.48 bits per heavy atom. The number of benzene rings is 1. The monoisotopic (exact) mass is 350 g/mol. The van der Waals surface area contributed by atoms with E-state index in [1.165, 1.54) is 5.56 Å². The highest BCUT2D eigenvalue weighted by molar-refractivity contribution is 9.10. The Labute approximate surface area is 135 Å². The Morgan fingerprint density at radius 3 is 2.95 bits per heavy atom. The molecule has 0 aromatic heterocycles. The number of halogens is 1. The number of rotatable bonds is 4. The van der Waals surface area contributed by atoms with Crippen LogP contribution in [0, 0.1) is 11.3 Å². The zero-order valence-electron chi connectivity index (χ0n) is 12.5. The van der Waals surface area contributed by atoms with Gasteiger partial charge in [0.2, 0.25) is 5.91 Å². The number of carbonyl (C=O) groups is 1. The Bertz CT molecular complexity index is 525. The largest absolute Gasteiger partial charge is 0.353 e. The quantitative estimate of drug-likeness (QED) is 0.876. The first-order valence-electron chi connectivity index (χ1n) is 7.85. The molecule has 1 aliphatic heterocycles. The normalized spacial score (nSPS) is 24.6. The molecule has 1 aromatic rings. The van der Waals surface area contributed by atoms with E-state index in [4.69, 9.17) is 0 Å². The molecule has 2 aliphatic rings. The van der Waals surface area contributed by atoms with Gasteiger partial charge in [-0.2, -0.15) is 0 Å². The van der Waals surface area contributed by atoms with Crippen molar-refractivity contribution in [3.05, 3.63) is 34.3 Å². The Morgan fingerprint density at radius 2 is 2.24 bits per heavy atom. The number of hydrogen-bond acceptors (Lipinski definition) is 2. The lowest BCUT2D eigenvalue weighted by Crippen LogP contribution is -2.38. The molecule has 1 spiro atoms. The molecule has 3 rings (SSSR count). The second-order valence-electron chi connectivity index (χ2n) is 6.61. The molecular formula is C17H23BrN2O. The fraction of sp³-hybridized carbons (Fsp3) is 0.588. The summed E-state index contributed by atoms with van der Waals surface area (Å²) in [5.74, 6) is 0.518. The minimum absolute atomic E-state index is 0.186. The van der Waals surface area contributed by atoms with Gasteiger partial charge in [0.25, 0.3) is 0 Å². The predicted molar refractivity (Wildman–Crippen MR) is 88.1 cm³/mol. The predicted octanol–water partition coefficient (Wildman–Crippen LogP) is 2.89. The summed E-state index contributed by atoms with van der Waals surface area (Å²) in [5.41, 5.74) is 1.58. The van der Waals surface area contributed by atoms with Crippen molar-refractivity contribution in [2.24, 2.45) is 11.3 Å². The van der Waals surface area contributed by atoms with E-state index in [1.54, 1.807) is 0 Å². The fourth-order valence-corrected chi connectivity index (χ4v) is 4.05. The molecule has 1 saturated heterocycles. The summed E-state index contributed by atoms with van der Waals surface area (Å²) in [4.78, 5) is 12.4. The zero-order valence-corrected chi connectivity index (χ0v) is 14.1. The van der Waals surface area contributed by atoms with Crippen LogP contribution in [0.15, 0.2) is 28.7 Å². The van der Waals surface area contributed by atoms with Crippen molar-refractivity contribution in [2.45, 2.75) is 38.6 Å². The highest BCUT2D eigenvalue weighted by Gasteiger charge is 2.57. The molecule has 2 atom stereocenters. The topological polar surface area (TPSA) is 41.1 Å². The maximum atomic E-state index is 12.4. The van der Waals surface area contributed by atoms with Crippen LogP contribution >= 0.6 is 15.9 Å². The van der Waals surface area contributed by atoms with Gasteiger partial charge in [-0.3, -0.25) is 4.79 Å². The molecule has 4 heteroatoms. The van der Waals surface area contributed by atoms with Crippen LogP contribution in [0.3, 0.4) is 0 Å². The van der Waals surface area contributed by atoms with Gasteiger partial charge in [-0.25, -0.2) is 0 Å². The van der Waals surface area contributed by atoms with E-state index in [0.29, 0.717) is 5.41 Å².